The first kappa shape index (κ1) is 20.4. The average molecular weight is 431 g/mol. The number of nitrogens with zero attached hydrogens (tertiary/aromatic N) is 6. The van der Waals surface area contributed by atoms with Crippen LogP contribution in [0.25, 0.3) is 11.2 Å². The third-order valence-electron chi connectivity index (χ3n) is 6.14. The van der Waals surface area contributed by atoms with Crippen LogP contribution < -0.4 is 0 Å². The Balaban J connectivity index is 1.34. The first-order chi connectivity index (χ1) is 15.7. The van der Waals surface area contributed by atoms with Gasteiger partial charge < -0.3 is 14.6 Å². The molecule has 0 unspecified atom stereocenters. The molecule has 0 atom stereocenters. The number of hydrogen-bond acceptors (Lipinski definition) is 5. The topological polar surface area (TPSA) is 89.1 Å². The number of amides is 1. The molecule has 0 aliphatic carbocycles. The fourth-order valence-corrected chi connectivity index (χ4v) is 4.43. The number of carbonyl (C=O) groups excluding carboxylic acids is 1. The number of benzene rings is 1. The van der Waals surface area contributed by atoms with E-state index in [2.05, 4.69) is 27.2 Å². The highest BCUT2D eigenvalue weighted by Crippen LogP contribution is 2.24. The van der Waals surface area contributed by atoms with E-state index in [1.54, 1.807) is 17.4 Å². The summed E-state index contributed by atoms with van der Waals surface area (Å²) >= 11 is 0. The Hall–Kier alpha value is -3.52. The second kappa shape index (κ2) is 8.55. The molecule has 8 heteroatoms. The van der Waals surface area contributed by atoms with Gasteiger partial charge in [-0.25, -0.2) is 9.97 Å². The fourth-order valence-electron chi connectivity index (χ4n) is 4.43. The van der Waals surface area contributed by atoms with Crippen molar-refractivity contribution in [1.29, 1.82) is 0 Å². The molecule has 0 saturated carbocycles. The van der Waals surface area contributed by atoms with Crippen LogP contribution in [0.5, 0.6) is 0 Å². The molecule has 164 valence electrons. The number of pyridine rings is 1. The summed E-state index contributed by atoms with van der Waals surface area (Å²) in [5.74, 6) is -0.0722. The zero-order valence-electron chi connectivity index (χ0n) is 18.1. The summed E-state index contributed by atoms with van der Waals surface area (Å²) in [6, 6.07) is 12.1. The van der Waals surface area contributed by atoms with Crippen molar-refractivity contribution >= 4 is 17.1 Å². The van der Waals surface area contributed by atoms with Gasteiger partial charge in [0.2, 0.25) is 0 Å². The highest BCUT2D eigenvalue weighted by Gasteiger charge is 2.28. The minimum atomic E-state index is -0.120. The van der Waals surface area contributed by atoms with E-state index in [9.17, 15) is 9.90 Å². The molecule has 5 rings (SSSR count). The summed E-state index contributed by atoms with van der Waals surface area (Å²) in [4.78, 5) is 24.1. The van der Waals surface area contributed by atoms with Crippen LogP contribution in [0.4, 0.5) is 0 Å². The van der Waals surface area contributed by atoms with Crippen LogP contribution in [0, 0.1) is 0 Å². The molecular weight excluding hydrogens is 404 g/mol. The molecule has 0 fully saturated rings. The molecule has 8 nitrogen and oxygen atoms in total. The Morgan fingerprint density at radius 2 is 2.03 bits per heavy atom. The van der Waals surface area contributed by atoms with Gasteiger partial charge in [0.1, 0.15) is 5.52 Å². The van der Waals surface area contributed by atoms with Crippen molar-refractivity contribution in [2.24, 2.45) is 0 Å². The Labute approximate surface area is 186 Å². The van der Waals surface area contributed by atoms with Gasteiger partial charge in [-0.3, -0.25) is 9.48 Å². The smallest absolute Gasteiger partial charge is 0.255 e. The van der Waals surface area contributed by atoms with Crippen molar-refractivity contribution in [1.82, 2.24) is 29.2 Å². The first-order valence-electron chi connectivity index (χ1n) is 11.0. The molecule has 0 spiro atoms. The molecule has 0 radical (unpaired) electrons. The Morgan fingerprint density at radius 1 is 1.19 bits per heavy atom. The van der Waals surface area contributed by atoms with Gasteiger partial charge in [-0.2, -0.15) is 5.10 Å². The molecule has 32 heavy (non-hydrogen) atoms. The number of carbonyl (C=O) groups is 1. The van der Waals surface area contributed by atoms with Crippen molar-refractivity contribution in [2.75, 3.05) is 6.54 Å². The van der Waals surface area contributed by atoms with Crippen molar-refractivity contribution in [2.45, 2.75) is 46.0 Å². The molecule has 1 N–H and O–H groups in total. The molecule has 1 aromatic carbocycles. The standard InChI is InChI=1S/C24H26N6O2/c1-2-30-22-9-11-28(14-19(22)21(15-31)27-30)24(32)18-12-20-23(25-13-18)29(16-26-20)10-8-17-6-4-3-5-7-17/h3-7,12-13,16,31H,2,8-11,14-15H2,1H3. The van der Waals surface area contributed by atoms with Gasteiger partial charge in [0.05, 0.1) is 24.2 Å². The number of aryl methyl sites for hydroxylation is 3. The lowest BCUT2D eigenvalue weighted by atomic mass is 10.0. The van der Waals surface area contributed by atoms with Crippen LogP contribution in [0.1, 0.15) is 39.8 Å². The van der Waals surface area contributed by atoms with E-state index < -0.39 is 0 Å². The molecule has 1 aliphatic rings. The highest BCUT2D eigenvalue weighted by molar-refractivity contribution is 5.96. The zero-order valence-corrected chi connectivity index (χ0v) is 18.1. The summed E-state index contributed by atoms with van der Waals surface area (Å²) in [7, 11) is 0. The van der Waals surface area contributed by atoms with Gasteiger partial charge in [0.15, 0.2) is 5.65 Å². The molecular formula is C24H26N6O2. The van der Waals surface area contributed by atoms with E-state index in [0.29, 0.717) is 24.3 Å². The van der Waals surface area contributed by atoms with Crippen molar-refractivity contribution in [3.8, 4) is 0 Å². The number of aliphatic hydroxyl groups is 1. The highest BCUT2D eigenvalue weighted by atomic mass is 16.3. The summed E-state index contributed by atoms with van der Waals surface area (Å²) in [5.41, 5.74) is 6.04. The van der Waals surface area contributed by atoms with Crippen molar-refractivity contribution in [3.05, 3.63) is 77.0 Å². The lowest BCUT2D eigenvalue weighted by molar-refractivity contribution is 0.0731. The van der Waals surface area contributed by atoms with Crippen LogP contribution in [-0.4, -0.2) is 46.8 Å². The monoisotopic (exact) mass is 430 g/mol. The van der Waals surface area contributed by atoms with Crippen molar-refractivity contribution in [3.63, 3.8) is 0 Å². The largest absolute Gasteiger partial charge is 0.390 e. The number of fused-ring (bicyclic) bond motifs is 2. The molecule has 1 aliphatic heterocycles. The first-order valence-corrected chi connectivity index (χ1v) is 11.0. The lowest BCUT2D eigenvalue weighted by Gasteiger charge is -2.28. The second-order valence-electron chi connectivity index (χ2n) is 8.06. The summed E-state index contributed by atoms with van der Waals surface area (Å²) in [5, 5.41) is 14.2. The fraction of sp³-hybridized carbons (Fsp3) is 0.333. The number of hydrogen-bond donors (Lipinski definition) is 1. The van der Waals surface area contributed by atoms with Crippen LogP contribution in [0.3, 0.4) is 0 Å². The van der Waals surface area contributed by atoms with Crippen molar-refractivity contribution < 1.29 is 9.90 Å². The lowest BCUT2D eigenvalue weighted by Crippen LogP contribution is -2.36. The molecule has 3 aromatic heterocycles. The van der Waals surface area contributed by atoms with Gasteiger partial charge >= 0.3 is 0 Å². The van der Waals surface area contributed by atoms with Crippen LogP contribution in [0.2, 0.25) is 0 Å². The number of imidazole rings is 1. The summed E-state index contributed by atoms with van der Waals surface area (Å²) < 4.78 is 3.95. The predicted octanol–water partition coefficient (Wildman–Crippen LogP) is 2.58. The van der Waals surface area contributed by atoms with E-state index in [0.717, 1.165) is 48.4 Å². The Morgan fingerprint density at radius 3 is 2.81 bits per heavy atom. The number of aromatic nitrogens is 5. The molecule has 4 heterocycles. The molecule has 1 amide bonds. The van der Waals surface area contributed by atoms with E-state index in [-0.39, 0.29) is 12.5 Å². The Kier molecular flexibility index (Phi) is 5.45. The van der Waals surface area contributed by atoms with Crippen LogP contribution in [0.15, 0.2) is 48.9 Å². The predicted molar refractivity (Wildman–Crippen MR) is 120 cm³/mol. The van der Waals surface area contributed by atoms with Gasteiger partial charge in [-0.05, 0) is 25.0 Å². The van der Waals surface area contributed by atoms with E-state index in [4.69, 9.17) is 0 Å². The third kappa shape index (κ3) is 3.67. The average Bonchev–Trinajstić information content (AvgIpc) is 3.42. The van der Waals surface area contributed by atoms with Gasteiger partial charge in [0, 0.05) is 50.1 Å². The molecule has 0 saturated heterocycles. The molecule has 4 aromatic rings. The molecule has 0 bridgehead atoms. The maximum Gasteiger partial charge on any atom is 0.255 e. The minimum Gasteiger partial charge on any atom is -0.390 e. The van der Waals surface area contributed by atoms with Gasteiger partial charge in [-0.1, -0.05) is 30.3 Å². The summed E-state index contributed by atoms with van der Waals surface area (Å²) in [6.45, 7) is 4.52. The number of rotatable bonds is 6. The number of aliphatic hydroxyl groups excluding tert-OH is 1. The van der Waals surface area contributed by atoms with E-state index in [1.807, 2.05) is 40.4 Å². The van der Waals surface area contributed by atoms with E-state index >= 15 is 0 Å². The maximum absolute atomic E-state index is 13.2. The Bertz CT molecular complexity index is 1260. The van der Waals surface area contributed by atoms with Gasteiger partial charge in [0.25, 0.3) is 5.91 Å². The normalized spacial score (nSPS) is 13.5. The zero-order chi connectivity index (χ0) is 22.1. The second-order valence-corrected chi connectivity index (χ2v) is 8.06. The van der Waals surface area contributed by atoms with Crippen LogP contribution >= 0.6 is 0 Å². The summed E-state index contributed by atoms with van der Waals surface area (Å²) in [6.07, 6.45) is 5.05. The quantitative estimate of drug-likeness (QED) is 0.508. The van der Waals surface area contributed by atoms with Gasteiger partial charge in [-0.15, -0.1) is 0 Å². The van der Waals surface area contributed by atoms with E-state index in [1.165, 1.54) is 5.56 Å². The maximum atomic E-state index is 13.2. The minimum absolute atomic E-state index is 0.0722. The van der Waals surface area contributed by atoms with Crippen LogP contribution in [-0.2, 0) is 39.1 Å². The SMILES string of the molecule is CCn1nc(CO)c2c1CCN(C(=O)c1cnc3c(c1)ncn3CCc1ccccc1)C2. The third-order valence-corrected chi connectivity index (χ3v) is 6.14.